The minimum absolute atomic E-state index is 0.0379. The number of hydrogen-bond acceptors (Lipinski definition) is 8. The predicted octanol–water partition coefficient (Wildman–Crippen LogP) is 3.55. The lowest BCUT2D eigenvalue weighted by atomic mass is 10.2. The van der Waals surface area contributed by atoms with Crippen LogP contribution >= 0.6 is 0 Å². The maximum atomic E-state index is 10.9. The lowest BCUT2D eigenvalue weighted by Gasteiger charge is -2.07. The van der Waals surface area contributed by atoms with E-state index >= 15 is 0 Å². The number of aromatic nitrogens is 2. The van der Waals surface area contributed by atoms with Crippen molar-refractivity contribution in [2.75, 3.05) is 14.2 Å². The van der Waals surface area contributed by atoms with Crippen molar-refractivity contribution >= 4 is 5.69 Å². The molecule has 9 nitrogen and oxygen atoms in total. The highest BCUT2D eigenvalue weighted by molar-refractivity contribution is 5.60. The highest BCUT2D eigenvalue weighted by atomic mass is 16.6. The van der Waals surface area contributed by atoms with E-state index in [2.05, 4.69) is 10.1 Å². The van der Waals surface area contributed by atoms with Gasteiger partial charge in [0.05, 0.1) is 19.1 Å². The van der Waals surface area contributed by atoms with Crippen LogP contribution in [0, 0.1) is 17.0 Å². The van der Waals surface area contributed by atoms with Gasteiger partial charge in [-0.2, -0.15) is 4.98 Å². The van der Waals surface area contributed by atoms with Crippen molar-refractivity contribution in [3.63, 3.8) is 0 Å². The monoisotopic (exact) mass is 371 g/mol. The quantitative estimate of drug-likeness (QED) is 0.458. The fourth-order valence-electron chi connectivity index (χ4n) is 2.47. The fourth-order valence-corrected chi connectivity index (χ4v) is 2.47. The van der Waals surface area contributed by atoms with Crippen molar-refractivity contribution in [2.45, 2.75) is 13.5 Å². The number of methoxy groups -OCH3 is 2. The Morgan fingerprint density at radius 2 is 1.89 bits per heavy atom. The number of ether oxygens (including phenoxy) is 3. The van der Waals surface area contributed by atoms with Crippen LogP contribution in [0.4, 0.5) is 5.69 Å². The summed E-state index contributed by atoms with van der Waals surface area (Å²) in [4.78, 5) is 14.7. The van der Waals surface area contributed by atoms with Gasteiger partial charge in [0.15, 0.2) is 18.1 Å². The SMILES string of the molecule is COc1ccc(-c2noc(COc3ccc([N+](=O)[O-])c(C)c3)n2)cc1OC. The largest absolute Gasteiger partial charge is 0.493 e. The molecule has 2 aromatic carbocycles. The van der Waals surface area contributed by atoms with E-state index in [4.69, 9.17) is 18.7 Å². The molecule has 0 aliphatic heterocycles. The zero-order valence-corrected chi connectivity index (χ0v) is 15.0. The second kappa shape index (κ2) is 7.73. The molecule has 27 heavy (non-hydrogen) atoms. The molecule has 0 N–H and O–H groups in total. The van der Waals surface area contributed by atoms with E-state index in [1.54, 1.807) is 45.4 Å². The lowest BCUT2D eigenvalue weighted by molar-refractivity contribution is -0.385. The van der Waals surface area contributed by atoms with Gasteiger partial charge in [-0.3, -0.25) is 10.1 Å². The van der Waals surface area contributed by atoms with Crippen molar-refractivity contribution in [1.29, 1.82) is 0 Å². The molecule has 0 aliphatic carbocycles. The maximum absolute atomic E-state index is 10.9. The van der Waals surface area contributed by atoms with Gasteiger partial charge in [-0.25, -0.2) is 0 Å². The molecular weight excluding hydrogens is 354 g/mol. The summed E-state index contributed by atoms with van der Waals surface area (Å²) in [5.74, 6) is 2.29. The van der Waals surface area contributed by atoms with Crippen LogP contribution in [-0.4, -0.2) is 29.3 Å². The molecule has 0 bridgehead atoms. The third-order valence-corrected chi connectivity index (χ3v) is 3.84. The summed E-state index contributed by atoms with van der Waals surface area (Å²) < 4.78 is 21.2. The van der Waals surface area contributed by atoms with Gasteiger partial charge in [-0.15, -0.1) is 0 Å². The minimum atomic E-state index is -0.438. The molecule has 0 saturated carbocycles. The number of nitro groups is 1. The van der Waals surface area contributed by atoms with Crippen molar-refractivity contribution in [2.24, 2.45) is 0 Å². The molecule has 3 aromatic rings. The summed E-state index contributed by atoms with van der Waals surface area (Å²) in [6.07, 6.45) is 0. The summed E-state index contributed by atoms with van der Waals surface area (Å²) in [5.41, 5.74) is 1.25. The molecule has 0 aliphatic rings. The Hall–Kier alpha value is -3.62. The van der Waals surface area contributed by atoms with Crippen molar-refractivity contribution in [3.05, 3.63) is 58.0 Å². The second-order valence-electron chi connectivity index (χ2n) is 5.58. The molecule has 140 valence electrons. The summed E-state index contributed by atoms with van der Waals surface area (Å²) in [6.45, 7) is 1.68. The van der Waals surface area contributed by atoms with E-state index in [0.29, 0.717) is 34.2 Å². The molecule has 3 rings (SSSR count). The summed E-state index contributed by atoms with van der Waals surface area (Å²) in [5, 5.41) is 14.8. The maximum Gasteiger partial charge on any atom is 0.272 e. The van der Waals surface area contributed by atoms with Gasteiger partial charge in [0.25, 0.3) is 11.6 Å². The first kappa shape index (κ1) is 18.2. The van der Waals surface area contributed by atoms with E-state index in [0.717, 1.165) is 0 Å². The summed E-state index contributed by atoms with van der Waals surface area (Å²) >= 11 is 0. The standard InChI is InChI=1S/C18H17N3O6/c1-11-8-13(5-6-14(11)21(22)23)26-10-17-19-18(20-27-17)12-4-7-15(24-2)16(9-12)25-3/h4-9H,10H2,1-3H3. The topological polar surface area (TPSA) is 110 Å². The van der Waals surface area contributed by atoms with Crippen LogP contribution in [-0.2, 0) is 6.61 Å². The van der Waals surface area contributed by atoms with Crippen LogP contribution in [0.3, 0.4) is 0 Å². The van der Waals surface area contributed by atoms with Gasteiger partial charge in [-0.05, 0) is 37.3 Å². The Balaban J connectivity index is 1.71. The van der Waals surface area contributed by atoms with Crippen LogP contribution in [0.15, 0.2) is 40.9 Å². The van der Waals surface area contributed by atoms with Crippen LogP contribution in [0.5, 0.6) is 17.2 Å². The van der Waals surface area contributed by atoms with E-state index in [9.17, 15) is 10.1 Å². The van der Waals surface area contributed by atoms with Crippen LogP contribution in [0.2, 0.25) is 0 Å². The fraction of sp³-hybridized carbons (Fsp3) is 0.222. The molecule has 0 saturated heterocycles. The third kappa shape index (κ3) is 3.97. The molecule has 0 amide bonds. The number of hydrogen-bond donors (Lipinski definition) is 0. The Morgan fingerprint density at radius 1 is 1.11 bits per heavy atom. The van der Waals surface area contributed by atoms with Gasteiger partial charge in [-0.1, -0.05) is 5.16 Å². The second-order valence-corrected chi connectivity index (χ2v) is 5.58. The molecule has 1 heterocycles. The normalized spacial score (nSPS) is 10.5. The number of rotatable bonds is 7. The van der Waals surface area contributed by atoms with Gasteiger partial charge in [0.2, 0.25) is 5.82 Å². The first-order chi connectivity index (χ1) is 13.0. The van der Waals surface area contributed by atoms with Crippen LogP contribution in [0.1, 0.15) is 11.5 Å². The lowest BCUT2D eigenvalue weighted by Crippen LogP contribution is -1.97. The average Bonchev–Trinajstić information content (AvgIpc) is 3.14. The molecular formula is C18H17N3O6. The van der Waals surface area contributed by atoms with Crippen LogP contribution in [0.25, 0.3) is 11.4 Å². The number of aryl methyl sites for hydroxylation is 1. The smallest absolute Gasteiger partial charge is 0.272 e. The highest BCUT2D eigenvalue weighted by Crippen LogP contribution is 2.31. The predicted molar refractivity (Wildman–Crippen MR) is 95.0 cm³/mol. The van der Waals surface area contributed by atoms with Gasteiger partial charge >= 0.3 is 0 Å². The molecule has 1 aromatic heterocycles. The number of nitrogens with zero attached hydrogens (tertiary/aromatic N) is 3. The molecule has 0 unspecified atom stereocenters. The van der Waals surface area contributed by atoms with E-state index in [-0.39, 0.29) is 18.2 Å². The Kier molecular flexibility index (Phi) is 5.20. The molecule has 9 heteroatoms. The van der Waals surface area contributed by atoms with Crippen molar-refractivity contribution in [1.82, 2.24) is 10.1 Å². The zero-order chi connectivity index (χ0) is 19.4. The molecule has 0 atom stereocenters. The summed E-state index contributed by atoms with van der Waals surface area (Å²) in [6, 6.07) is 9.79. The Bertz CT molecular complexity index is 969. The van der Waals surface area contributed by atoms with Crippen molar-refractivity contribution in [3.8, 4) is 28.6 Å². The molecule has 0 spiro atoms. The zero-order valence-electron chi connectivity index (χ0n) is 15.0. The first-order valence-corrected chi connectivity index (χ1v) is 7.94. The molecule has 0 radical (unpaired) electrons. The van der Waals surface area contributed by atoms with Crippen molar-refractivity contribution < 1.29 is 23.7 Å². The van der Waals surface area contributed by atoms with Gasteiger partial charge in [0.1, 0.15) is 5.75 Å². The third-order valence-electron chi connectivity index (χ3n) is 3.84. The minimum Gasteiger partial charge on any atom is -0.493 e. The van der Waals surface area contributed by atoms with Crippen LogP contribution < -0.4 is 14.2 Å². The van der Waals surface area contributed by atoms with E-state index in [1.165, 1.54) is 12.1 Å². The van der Waals surface area contributed by atoms with E-state index in [1.807, 2.05) is 0 Å². The number of benzene rings is 2. The van der Waals surface area contributed by atoms with Gasteiger partial charge in [0, 0.05) is 17.2 Å². The summed E-state index contributed by atoms with van der Waals surface area (Å²) in [7, 11) is 3.10. The number of nitro benzene ring substituents is 1. The average molecular weight is 371 g/mol. The highest BCUT2D eigenvalue weighted by Gasteiger charge is 2.14. The van der Waals surface area contributed by atoms with E-state index < -0.39 is 4.92 Å². The molecule has 0 fully saturated rings. The first-order valence-electron chi connectivity index (χ1n) is 7.94. The Morgan fingerprint density at radius 3 is 2.56 bits per heavy atom. The Labute approximate surface area is 154 Å². The van der Waals surface area contributed by atoms with Gasteiger partial charge < -0.3 is 18.7 Å².